The number of amides is 2. The van der Waals surface area contributed by atoms with Gasteiger partial charge in [0.05, 0.1) is 6.54 Å². The van der Waals surface area contributed by atoms with Crippen molar-refractivity contribution in [1.82, 2.24) is 15.5 Å². The number of halogens is 1. The van der Waals surface area contributed by atoms with E-state index < -0.39 is 0 Å². The average molecular weight is 370 g/mol. The molecule has 122 valence electrons. The summed E-state index contributed by atoms with van der Waals surface area (Å²) in [7, 11) is 0. The number of rotatable bonds is 6. The monoisotopic (exact) mass is 369 g/mol. The van der Waals surface area contributed by atoms with Crippen molar-refractivity contribution in [2.45, 2.75) is 25.8 Å². The lowest BCUT2D eigenvalue weighted by atomic mass is 10.1. The number of urea groups is 1. The van der Waals surface area contributed by atoms with E-state index in [1.807, 2.05) is 24.3 Å². The molecular weight excluding hydrogens is 346 g/mol. The summed E-state index contributed by atoms with van der Waals surface area (Å²) in [4.78, 5) is 14.2. The molecule has 1 saturated heterocycles. The number of likely N-dealkylation sites (tertiary alicyclic amines) is 1. The normalized spacial score (nSPS) is 16.3. The van der Waals surface area contributed by atoms with Crippen LogP contribution < -0.4 is 15.4 Å². The van der Waals surface area contributed by atoms with Gasteiger partial charge in [-0.15, -0.1) is 0 Å². The minimum atomic E-state index is -0.104. The smallest absolute Gasteiger partial charge is 0.315 e. The lowest BCUT2D eigenvalue weighted by Crippen LogP contribution is -2.48. The molecule has 1 aliphatic rings. The molecule has 0 saturated carbocycles. The second-order valence-corrected chi connectivity index (χ2v) is 6.33. The zero-order valence-corrected chi connectivity index (χ0v) is 14.6. The number of nitrogens with zero attached hydrogens (tertiary/aromatic N) is 1. The minimum Gasteiger partial charge on any atom is -0.492 e. The fraction of sp³-hybridized carbons (Fsp3) is 0.562. The molecule has 2 N–H and O–H groups in total. The number of hydrogen-bond donors (Lipinski definition) is 2. The molecule has 0 unspecified atom stereocenters. The molecule has 0 radical (unpaired) electrons. The van der Waals surface area contributed by atoms with Crippen LogP contribution in [0.5, 0.6) is 5.75 Å². The largest absolute Gasteiger partial charge is 0.492 e. The van der Waals surface area contributed by atoms with Crippen molar-refractivity contribution in [3.05, 3.63) is 28.7 Å². The second kappa shape index (κ2) is 9.00. The molecule has 1 aromatic rings. The molecule has 1 aromatic carbocycles. The summed E-state index contributed by atoms with van der Waals surface area (Å²) in [5.41, 5.74) is 0. The topological polar surface area (TPSA) is 53.6 Å². The van der Waals surface area contributed by atoms with Crippen molar-refractivity contribution in [2.75, 3.05) is 32.8 Å². The Hall–Kier alpha value is -1.27. The molecule has 0 spiro atoms. The van der Waals surface area contributed by atoms with E-state index in [0.29, 0.717) is 13.2 Å². The summed E-state index contributed by atoms with van der Waals surface area (Å²) in [6.45, 7) is 6.34. The molecule has 0 atom stereocenters. The molecule has 1 aliphatic heterocycles. The second-order valence-electron chi connectivity index (χ2n) is 5.41. The first-order valence-electron chi connectivity index (χ1n) is 7.82. The van der Waals surface area contributed by atoms with E-state index in [1.165, 1.54) is 0 Å². The molecule has 6 heteroatoms. The van der Waals surface area contributed by atoms with Gasteiger partial charge in [-0.25, -0.2) is 4.79 Å². The summed E-state index contributed by atoms with van der Waals surface area (Å²) >= 11 is 3.40. The first kappa shape index (κ1) is 17.1. The third-order valence-electron chi connectivity index (χ3n) is 3.82. The van der Waals surface area contributed by atoms with Gasteiger partial charge in [-0.2, -0.15) is 0 Å². The summed E-state index contributed by atoms with van der Waals surface area (Å²) in [5, 5.41) is 5.87. The number of benzene rings is 1. The van der Waals surface area contributed by atoms with Crippen molar-refractivity contribution >= 4 is 22.0 Å². The van der Waals surface area contributed by atoms with Crippen LogP contribution in [0.25, 0.3) is 0 Å². The maximum atomic E-state index is 11.8. The minimum absolute atomic E-state index is 0.104. The third kappa shape index (κ3) is 5.85. The maximum Gasteiger partial charge on any atom is 0.315 e. The van der Waals surface area contributed by atoms with Gasteiger partial charge < -0.3 is 20.3 Å². The van der Waals surface area contributed by atoms with Crippen LogP contribution in [0, 0.1) is 0 Å². The highest BCUT2D eigenvalue weighted by Crippen LogP contribution is 2.17. The van der Waals surface area contributed by atoms with Gasteiger partial charge >= 0.3 is 6.03 Å². The Labute approximate surface area is 140 Å². The molecule has 0 bridgehead atoms. The Morgan fingerprint density at radius 1 is 1.41 bits per heavy atom. The van der Waals surface area contributed by atoms with Crippen LogP contribution in [0.1, 0.15) is 19.8 Å². The van der Waals surface area contributed by atoms with Gasteiger partial charge in [0.2, 0.25) is 0 Å². The molecular formula is C16H24BrN3O2. The molecule has 1 fully saturated rings. The average Bonchev–Trinajstić information content (AvgIpc) is 2.52. The summed E-state index contributed by atoms with van der Waals surface area (Å²) in [6.07, 6.45) is 2.05. The lowest BCUT2D eigenvalue weighted by Gasteiger charge is -2.31. The van der Waals surface area contributed by atoms with E-state index in [0.717, 1.165) is 42.7 Å². The van der Waals surface area contributed by atoms with E-state index >= 15 is 0 Å². The van der Waals surface area contributed by atoms with Gasteiger partial charge in [-0.1, -0.05) is 28.9 Å². The predicted octanol–water partition coefficient (Wildman–Crippen LogP) is 2.61. The first-order chi connectivity index (χ1) is 10.7. The first-order valence-corrected chi connectivity index (χ1v) is 8.61. The molecule has 2 rings (SSSR count). The Morgan fingerprint density at radius 2 is 2.18 bits per heavy atom. The fourth-order valence-electron chi connectivity index (χ4n) is 2.52. The van der Waals surface area contributed by atoms with Crippen LogP contribution in [0.15, 0.2) is 28.7 Å². The van der Waals surface area contributed by atoms with Crippen molar-refractivity contribution in [3.8, 4) is 5.75 Å². The number of hydrogen-bond acceptors (Lipinski definition) is 3. The molecule has 2 amide bonds. The number of ether oxygens (including phenoxy) is 1. The number of carbonyl (C=O) groups is 1. The van der Waals surface area contributed by atoms with Crippen LogP contribution in [0.4, 0.5) is 4.79 Å². The van der Waals surface area contributed by atoms with Gasteiger partial charge in [-0.05, 0) is 37.6 Å². The van der Waals surface area contributed by atoms with E-state index in [-0.39, 0.29) is 12.1 Å². The van der Waals surface area contributed by atoms with E-state index in [4.69, 9.17) is 4.74 Å². The van der Waals surface area contributed by atoms with Crippen LogP contribution in [-0.2, 0) is 0 Å². The standard InChI is InChI=1S/C16H24BrN3O2/c1-2-20-9-6-14(7-10-20)19-16(21)18-8-11-22-15-5-3-4-13(17)12-15/h3-5,12,14H,2,6-11H2,1H3,(H2,18,19,21). The Kier molecular flexibility index (Phi) is 6.99. The van der Waals surface area contributed by atoms with Gasteiger partial charge in [0.1, 0.15) is 12.4 Å². The molecule has 5 nitrogen and oxygen atoms in total. The summed E-state index contributed by atoms with van der Waals surface area (Å²) in [5.74, 6) is 0.795. The van der Waals surface area contributed by atoms with Gasteiger partial charge in [0.25, 0.3) is 0 Å². The lowest BCUT2D eigenvalue weighted by molar-refractivity contribution is 0.197. The fourth-order valence-corrected chi connectivity index (χ4v) is 2.90. The van der Waals surface area contributed by atoms with Crippen LogP contribution in [-0.4, -0.2) is 49.8 Å². The third-order valence-corrected chi connectivity index (χ3v) is 4.32. The summed E-state index contributed by atoms with van der Waals surface area (Å²) < 4.78 is 6.56. The maximum absolute atomic E-state index is 11.8. The Balaban J connectivity index is 1.58. The SMILES string of the molecule is CCN1CCC(NC(=O)NCCOc2cccc(Br)c2)CC1. The highest BCUT2D eigenvalue weighted by atomic mass is 79.9. The van der Waals surface area contributed by atoms with Crippen molar-refractivity contribution in [2.24, 2.45) is 0 Å². The van der Waals surface area contributed by atoms with Crippen LogP contribution in [0.3, 0.4) is 0 Å². The van der Waals surface area contributed by atoms with E-state index in [9.17, 15) is 4.79 Å². The number of carbonyl (C=O) groups excluding carboxylic acids is 1. The van der Waals surface area contributed by atoms with Crippen molar-refractivity contribution < 1.29 is 9.53 Å². The van der Waals surface area contributed by atoms with Crippen molar-refractivity contribution in [1.29, 1.82) is 0 Å². The highest BCUT2D eigenvalue weighted by molar-refractivity contribution is 9.10. The number of piperidine rings is 1. The molecule has 1 heterocycles. The van der Waals surface area contributed by atoms with Gasteiger partial charge in [0.15, 0.2) is 0 Å². The zero-order chi connectivity index (χ0) is 15.8. The summed E-state index contributed by atoms with van der Waals surface area (Å²) in [6, 6.07) is 7.85. The molecule has 0 aliphatic carbocycles. The van der Waals surface area contributed by atoms with Crippen LogP contribution in [0.2, 0.25) is 0 Å². The van der Waals surface area contributed by atoms with Crippen LogP contribution >= 0.6 is 15.9 Å². The van der Waals surface area contributed by atoms with Crippen molar-refractivity contribution in [3.63, 3.8) is 0 Å². The Bertz CT molecular complexity index is 476. The molecule has 0 aromatic heterocycles. The van der Waals surface area contributed by atoms with Gasteiger partial charge in [0, 0.05) is 23.6 Å². The van der Waals surface area contributed by atoms with E-state index in [1.54, 1.807) is 0 Å². The zero-order valence-electron chi connectivity index (χ0n) is 13.0. The van der Waals surface area contributed by atoms with Gasteiger partial charge in [-0.3, -0.25) is 0 Å². The Morgan fingerprint density at radius 3 is 2.86 bits per heavy atom. The quantitative estimate of drug-likeness (QED) is 0.757. The van der Waals surface area contributed by atoms with E-state index in [2.05, 4.69) is 38.4 Å². The molecule has 22 heavy (non-hydrogen) atoms. The predicted molar refractivity (Wildman–Crippen MR) is 91.3 cm³/mol. The number of nitrogens with one attached hydrogen (secondary N) is 2. The highest BCUT2D eigenvalue weighted by Gasteiger charge is 2.19.